The van der Waals surface area contributed by atoms with Crippen LogP contribution in [0.15, 0.2) is 66.7 Å². The number of hydrogen-bond donors (Lipinski definition) is 2. The van der Waals surface area contributed by atoms with Crippen molar-refractivity contribution in [1.29, 1.82) is 0 Å². The lowest BCUT2D eigenvalue weighted by Gasteiger charge is -2.40. The first-order valence-electron chi connectivity index (χ1n) is 12.2. The van der Waals surface area contributed by atoms with E-state index in [2.05, 4.69) is 10.2 Å². The van der Waals surface area contributed by atoms with Crippen LogP contribution < -0.4 is 15.8 Å². The largest absolute Gasteiger partial charge is 0.457 e. The second-order valence-electron chi connectivity index (χ2n) is 8.89. The van der Waals surface area contributed by atoms with Crippen molar-refractivity contribution in [3.63, 3.8) is 0 Å². The molecular weight excluding hydrogens is 456 g/mol. The number of para-hydroxylation sites is 1. The molecule has 0 radical (unpaired) electrons. The molecule has 9 heteroatoms. The van der Waals surface area contributed by atoms with Gasteiger partial charge in [-0.1, -0.05) is 24.3 Å². The van der Waals surface area contributed by atoms with Crippen molar-refractivity contribution >= 4 is 17.5 Å². The van der Waals surface area contributed by atoms with E-state index in [1.54, 1.807) is 16.8 Å². The van der Waals surface area contributed by atoms with Crippen molar-refractivity contribution in [2.24, 2.45) is 5.73 Å². The highest BCUT2D eigenvalue weighted by Gasteiger charge is 2.35. The third-order valence-electron chi connectivity index (χ3n) is 6.62. The zero-order chi connectivity index (χ0) is 25.1. The zero-order valence-corrected chi connectivity index (χ0v) is 20.3. The second kappa shape index (κ2) is 10.2. The number of amides is 2. The van der Waals surface area contributed by atoms with Gasteiger partial charge in [0.1, 0.15) is 17.2 Å². The normalized spacial score (nSPS) is 18.0. The summed E-state index contributed by atoms with van der Waals surface area (Å²) in [5, 5.41) is 8.23. The molecule has 2 aliphatic rings. The number of fused-ring (bicyclic) bond motifs is 1. The number of nitrogens with one attached hydrogen (secondary N) is 1. The number of nitrogens with zero attached hydrogens (tertiary/aromatic N) is 4. The highest BCUT2D eigenvalue weighted by Crippen LogP contribution is 2.37. The van der Waals surface area contributed by atoms with Crippen LogP contribution in [0.2, 0.25) is 0 Å². The molecule has 5 rings (SSSR count). The number of primary amides is 1. The highest BCUT2D eigenvalue weighted by molar-refractivity contribution is 5.98. The molecule has 3 aromatic rings. The first-order valence-corrected chi connectivity index (χ1v) is 12.2. The summed E-state index contributed by atoms with van der Waals surface area (Å²) in [6.45, 7) is 5.38. The Morgan fingerprint density at radius 3 is 2.39 bits per heavy atom. The standard InChI is InChI=1S/C27H30N6O3/c1-2-6-23(34)32-17-15-31(16-18-32)22-13-14-29-25-24(22)30-33(26(25)27(28)35)19-9-11-21(12-10-19)36-20-7-4-3-5-8-20/h2-12,22,29H,13-18H2,1H3,(H2,28,35)/b6-2+. The number of carbonyl (C=O) groups excluding carboxylic acids is 2. The van der Waals surface area contributed by atoms with Gasteiger partial charge in [0.05, 0.1) is 17.4 Å². The number of ether oxygens (including phenoxy) is 1. The van der Waals surface area contributed by atoms with Gasteiger partial charge in [0, 0.05) is 32.7 Å². The van der Waals surface area contributed by atoms with Gasteiger partial charge in [0.2, 0.25) is 5.91 Å². The van der Waals surface area contributed by atoms with Crippen LogP contribution in [0.25, 0.3) is 5.69 Å². The molecule has 1 fully saturated rings. The van der Waals surface area contributed by atoms with Crippen LogP contribution in [0.3, 0.4) is 0 Å². The highest BCUT2D eigenvalue weighted by atomic mass is 16.5. The molecule has 0 spiro atoms. The van der Waals surface area contributed by atoms with Gasteiger partial charge in [0.15, 0.2) is 5.69 Å². The maximum Gasteiger partial charge on any atom is 0.269 e. The third-order valence-corrected chi connectivity index (χ3v) is 6.62. The van der Waals surface area contributed by atoms with Gasteiger partial charge in [0.25, 0.3) is 5.91 Å². The molecule has 1 aromatic heterocycles. The summed E-state index contributed by atoms with van der Waals surface area (Å²) in [5.41, 5.74) is 8.40. The summed E-state index contributed by atoms with van der Waals surface area (Å²) in [5.74, 6) is 0.937. The lowest BCUT2D eigenvalue weighted by atomic mass is 10.0. The molecule has 2 amide bonds. The number of hydrogen-bond acceptors (Lipinski definition) is 6. The van der Waals surface area contributed by atoms with E-state index in [-0.39, 0.29) is 11.9 Å². The molecule has 3 heterocycles. The quantitative estimate of drug-likeness (QED) is 0.518. The van der Waals surface area contributed by atoms with Crippen LogP contribution in [0.1, 0.15) is 35.6 Å². The molecular formula is C27H30N6O3. The van der Waals surface area contributed by atoms with Crippen molar-refractivity contribution in [3.05, 3.63) is 78.1 Å². The number of rotatable bonds is 6. The van der Waals surface area contributed by atoms with Crippen molar-refractivity contribution in [2.45, 2.75) is 19.4 Å². The van der Waals surface area contributed by atoms with Gasteiger partial charge in [-0.25, -0.2) is 4.68 Å². The topological polar surface area (TPSA) is 106 Å². The number of carbonyl (C=O) groups is 2. The Hall–Kier alpha value is -4.11. The fraction of sp³-hybridized carbons (Fsp3) is 0.296. The number of nitrogens with two attached hydrogens (primary N) is 1. The van der Waals surface area contributed by atoms with Crippen molar-refractivity contribution in [1.82, 2.24) is 19.6 Å². The maximum atomic E-state index is 12.5. The van der Waals surface area contributed by atoms with Crippen molar-refractivity contribution in [2.75, 3.05) is 38.0 Å². The first-order chi connectivity index (χ1) is 17.5. The van der Waals surface area contributed by atoms with E-state index < -0.39 is 5.91 Å². The minimum Gasteiger partial charge on any atom is -0.457 e. The average Bonchev–Trinajstić information content (AvgIpc) is 3.30. The molecule has 0 saturated carbocycles. The Morgan fingerprint density at radius 1 is 1.03 bits per heavy atom. The molecule has 1 atom stereocenters. The lowest BCUT2D eigenvalue weighted by Crippen LogP contribution is -2.50. The fourth-order valence-corrected chi connectivity index (χ4v) is 4.86. The Kier molecular flexibility index (Phi) is 6.73. The third kappa shape index (κ3) is 4.70. The van der Waals surface area contributed by atoms with Gasteiger partial charge in [-0.2, -0.15) is 5.10 Å². The van der Waals surface area contributed by atoms with Crippen LogP contribution in [0.4, 0.5) is 5.69 Å². The molecule has 2 aromatic carbocycles. The molecule has 2 aliphatic heterocycles. The number of piperazine rings is 1. The number of allylic oxidation sites excluding steroid dienone is 1. The summed E-state index contributed by atoms with van der Waals surface area (Å²) in [4.78, 5) is 29.0. The van der Waals surface area contributed by atoms with Gasteiger partial charge in [-0.05, 0) is 55.8 Å². The Labute approximate surface area is 210 Å². The van der Waals surface area contributed by atoms with Gasteiger partial charge in [-0.3, -0.25) is 14.5 Å². The molecule has 1 saturated heterocycles. The zero-order valence-electron chi connectivity index (χ0n) is 20.3. The summed E-state index contributed by atoms with van der Waals surface area (Å²) < 4.78 is 7.51. The molecule has 3 N–H and O–H groups in total. The van der Waals surface area contributed by atoms with Gasteiger partial charge < -0.3 is 20.7 Å². The first kappa shape index (κ1) is 23.6. The smallest absolute Gasteiger partial charge is 0.269 e. The Bertz CT molecular complexity index is 1260. The second-order valence-corrected chi connectivity index (χ2v) is 8.89. The lowest BCUT2D eigenvalue weighted by molar-refractivity contribution is -0.128. The maximum absolute atomic E-state index is 12.5. The van der Waals surface area contributed by atoms with Gasteiger partial charge in [-0.15, -0.1) is 0 Å². The SMILES string of the molecule is C/C=C/C(=O)N1CCN(C2CCNc3c2nn(-c2ccc(Oc4ccccc4)cc2)c3C(N)=O)CC1. The predicted molar refractivity (Wildman–Crippen MR) is 137 cm³/mol. The fourth-order valence-electron chi connectivity index (χ4n) is 4.86. The average molecular weight is 487 g/mol. The van der Waals surface area contributed by atoms with Crippen LogP contribution in [-0.2, 0) is 4.79 Å². The summed E-state index contributed by atoms with van der Waals surface area (Å²) in [6, 6.07) is 17.0. The van der Waals surface area contributed by atoms with Crippen LogP contribution in [0.5, 0.6) is 11.5 Å². The predicted octanol–water partition coefficient (Wildman–Crippen LogP) is 3.34. The number of anilines is 1. The summed E-state index contributed by atoms with van der Waals surface area (Å²) >= 11 is 0. The van der Waals surface area contributed by atoms with E-state index in [9.17, 15) is 9.59 Å². The van der Waals surface area contributed by atoms with Gasteiger partial charge >= 0.3 is 0 Å². The molecule has 9 nitrogen and oxygen atoms in total. The molecule has 186 valence electrons. The van der Waals surface area contributed by atoms with E-state index in [0.717, 1.165) is 36.6 Å². The number of benzene rings is 2. The molecule has 36 heavy (non-hydrogen) atoms. The van der Waals surface area contributed by atoms with Crippen LogP contribution in [0, 0.1) is 0 Å². The van der Waals surface area contributed by atoms with E-state index >= 15 is 0 Å². The van der Waals surface area contributed by atoms with Crippen LogP contribution >= 0.6 is 0 Å². The molecule has 0 bridgehead atoms. The van der Waals surface area contributed by atoms with E-state index in [4.69, 9.17) is 15.6 Å². The van der Waals surface area contributed by atoms with Crippen molar-refractivity contribution in [3.8, 4) is 17.2 Å². The Morgan fingerprint density at radius 2 is 1.72 bits per heavy atom. The van der Waals surface area contributed by atoms with Crippen molar-refractivity contribution < 1.29 is 14.3 Å². The van der Waals surface area contributed by atoms with Crippen LogP contribution in [-0.4, -0.2) is 64.1 Å². The Balaban J connectivity index is 1.39. The minimum absolute atomic E-state index is 0.0419. The summed E-state index contributed by atoms with van der Waals surface area (Å²) in [6.07, 6.45) is 4.23. The minimum atomic E-state index is -0.539. The number of aromatic nitrogens is 2. The van der Waals surface area contributed by atoms with E-state index in [0.29, 0.717) is 36.8 Å². The molecule has 0 aliphatic carbocycles. The monoisotopic (exact) mass is 486 g/mol. The van der Waals surface area contributed by atoms with E-state index in [1.165, 1.54) is 0 Å². The summed E-state index contributed by atoms with van der Waals surface area (Å²) in [7, 11) is 0. The molecule has 1 unspecified atom stereocenters. The van der Waals surface area contributed by atoms with E-state index in [1.807, 2.05) is 66.4 Å².